The number of rotatable bonds is 10. The first kappa shape index (κ1) is 28.9. The molecule has 1 saturated heterocycles. The summed E-state index contributed by atoms with van der Waals surface area (Å²) >= 11 is 0. The van der Waals surface area contributed by atoms with Crippen LogP contribution in [0.25, 0.3) is 0 Å². The lowest BCUT2D eigenvalue weighted by molar-refractivity contribution is -0.139. The van der Waals surface area contributed by atoms with E-state index in [0.29, 0.717) is 28.1 Å². The second-order valence-corrected chi connectivity index (χ2v) is 9.72. The van der Waals surface area contributed by atoms with Crippen LogP contribution in [-0.2, 0) is 14.3 Å². The molecule has 2 N–H and O–H groups in total. The molecule has 0 saturated carbocycles. The van der Waals surface area contributed by atoms with Gasteiger partial charge in [0.1, 0.15) is 12.3 Å². The number of nitrogens with zero attached hydrogens (tertiary/aromatic N) is 3. The second-order valence-electron chi connectivity index (χ2n) is 9.72. The first-order valence-corrected chi connectivity index (χ1v) is 13.6. The van der Waals surface area contributed by atoms with E-state index in [2.05, 4.69) is 10.3 Å². The van der Waals surface area contributed by atoms with E-state index in [0.717, 1.165) is 4.90 Å². The zero-order valence-electron chi connectivity index (χ0n) is 23.0. The number of anilines is 1. The van der Waals surface area contributed by atoms with Crippen LogP contribution in [0.5, 0.6) is 0 Å². The number of hydrogen-bond acceptors (Lipinski definition) is 7. The molecule has 1 fully saturated rings. The molecule has 0 bridgehead atoms. The molecule has 1 aromatic heterocycles. The number of carbonyl (C=O) groups is 4. The van der Waals surface area contributed by atoms with Gasteiger partial charge in [-0.1, -0.05) is 84.9 Å². The summed E-state index contributed by atoms with van der Waals surface area (Å²) in [7, 11) is 0. The van der Waals surface area contributed by atoms with Gasteiger partial charge in [-0.25, -0.2) is 14.5 Å². The molecule has 2 atom stereocenters. The summed E-state index contributed by atoms with van der Waals surface area (Å²) in [6.07, 6.45) is 0.469. The van der Waals surface area contributed by atoms with E-state index in [9.17, 15) is 24.3 Å². The Morgan fingerprint density at radius 2 is 1.58 bits per heavy atom. The number of ether oxygens (including phenoxy) is 1. The summed E-state index contributed by atoms with van der Waals surface area (Å²) < 4.78 is 4.92. The molecule has 3 aromatic carbocycles. The monoisotopic (exact) mass is 576 g/mol. The molecule has 10 nitrogen and oxygen atoms in total. The first-order valence-electron chi connectivity index (χ1n) is 13.6. The van der Waals surface area contributed by atoms with Gasteiger partial charge in [0.15, 0.2) is 6.04 Å². The highest BCUT2D eigenvalue weighted by atomic mass is 16.6. The molecule has 1 aliphatic heterocycles. The van der Waals surface area contributed by atoms with Crippen molar-refractivity contribution in [3.05, 3.63) is 132 Å². The number of pyridine rings is 1. The lowest BCUT2D eigenvalue weighted by Crippen LogP contribution is -2.36. The van der Waals surface area contributed by atoms with E-state index < -0.39 is 35.8 Å². The van der Waals surface area contributed by atoms with E-state index in [1.807, 2.05) is 6.07 Å². The van der Waals surface area contributed by atoms with Crippen LogP contribution in [0.1, 0.15) is 39.5 Å². The van der Waals surface area contributed by atoms with Crippen molar-refractivity contribution in [2.75, 3.05) is 18.5 Å². The molecule has 216 valence electrons. The number of aromatic nitrogens is 1. The van der Waals surface area contributed by atoms with Gasteiger partial charge < -0.3 is 15.2 Å². The molecular weight excluding hydrogens is 548 g/mol. The molecule has 0 unspecified atom stereocenters. The zero-order valence-corrected chi connectivity index (χ0v) is 23.0. The van der Waals surface area contributed by atoms with Crippen molar-refractivity contribution in [1.29, 1.82) is 0 Å². The largest absolute Gasteiger partial charge is 0.480 e. The van der Waals surface area contributed by atoms with Crippen LogP contribution in [0, 0.1) is 0 Å². The Bertz CT molecular complexity index is 1640. The van der Waals surface area contributed by atoms with Crippen LogP contribution in [0.15, 0.2) is 114 Å². The minimum Gasteiger partial charge on any atom is -0.480 e. The topological polar surface area (TPSA) is 138 Å². The van der Waals surface area contributed by atoms with E-state index in [1.165, 1.54) is 6.20 Å². The minimum atomic E-state index is -1.43. The molecule has 3 amide bonds. The molecular formula is C33H28N4O6. The Balaban J connectivity index is 1.60. The van der Waals surface area contributed by atoms with Crippen LogP contribution in [0.2, 0.25) is 0 Å². The summed E-state index contributed by atoms with van der Waals surface area (Å²) in [5.74, 6) is -3.18. The summed E-state index contributed by atoms with van der Waals surface area (Å²) in [4.78, 5) is 61.2. The average molecular weight is 577 g/mol. The van der Waals surface area contributed by atoms with Gasteiger partial charge in [0.05, 0.1) is 17.9 Å². The van der Waals surface area contributed by atoms with Gasteiger partial charge in [0, 0.05) is 29.7 Å². The predicted octanol–water partition coefficient (Wildman–Crippen LogP) is 4.78. The lowest BCUT2D eigenvalue weighted by Gasteiger charge is -2.24. The first-order chi connectivity index (χ1) is 20.9. The van der Waals surface area contributed by atoms with Gasteiger partial charge in [-0.15, -0.1) is 0 Å². The fourth-order valence-corrected chi connectivity index (χ4v) is 4.86. The third kappa shape index (κ3) is 6.82. The summed E-state index contributed by atoms with van der Waals surface area (Å²) in [6, 6.07) is 28.3. The van der Waals surface area contributed by atoms with Crippen molar-refractivity contribution in [3.8, 4) is 0 Å². The van der Waals surface area contributed by atoms with Crippen molar-refractivity contribution >= 4 is 35.3 Å². The number of carboxylic acids is 1. The maximum atomic E-state index is 13.2. The summed E-state index contributed by atoms with van der Waals surface area (Å²) in [5.41, 5.74) is 2.57. The number of para-hydroxylation sites is 1. The highest BCUT2D eigenvalue weighted by Gasteiger charge is 2.36. The standard InChI is InChI=1S/C33H28N4O6/c38-28(37-19-20-43-33(37)42)21-25(22-11-3-1-4-12-22)30(32(40)41)36-29(23-13-5-2-6-14-23)24-15-7-8-16-26(24)35-31(39)27-17-9-10-18-34-27/h1-18,25,30H,19-21H2,(H,35,39)(H,40,41)/t25-,30+/m1/s1. The molecule has 43 heavy (non-hydrogen) atoms. The fraction of sp³-hybridized carbons (Fsp3) is 0.152. The number of cyclic esters (lactones) is 1. The molecule has 0 radical (unpaired) electrons. The summed E-state index contributed by atoms with van der Waals surface area (Å²) in [5, 5.41) is 13.4. The number of imide groups is 1. The molecule has 0 spiro atoms. The summed E-state index contributed by atoms with van der Waals surface area (Å²) in [6.45, 7) is 0.180. The predicted molar refractivity (Wildman–Crippen MR) is 159 cm³/mol. The van der Waals surface area contributed by atoms with Crippen LogP contribution >= 0.6 is 0 Å². The van der Waals surface area contributed by atoms with Gasteiger partial charge in [-0.3, -0.25) is 19.6 Å². The van der Waals surface area contributed by atoms with E-state index in [-0.39, 0.29) is 25.3 Å². The van der Waals surface area contributed by atoms with Gasteiger partial charge in [-0.05, 0) is 23.8 Å². The highest BCUT2D eigenvalue weighted by Crippen LogP contribution is 2.30. The van der Waals surface area contributed by atoms with Crippen molar-refractivity contribution < 1.29 is 29.0 Å². The van der Waals surface area contributed by atoms with Crippen molar-refractivity contribution in [2.24, 2.45) is 4.99 Å². The smallest absolute Gasteiger partial charge is 0.416 e. The Labute approximate surface area is 247 Å². The number of carbonyl (C=O) groups excluding carboxylic acids is 3. The fourth-order valence-electron chi connectivity index (χ4n) is 4.86. The van der Waals surface area contributed by atoms with Crippen LogP contribution in [-0.4, -0.2) is 63.8 Å². The van der Waals surface area contributed by atoms with Crippen LogP contribution < -0.4 is 5.32 Å². The van der Waals surface area contributed by atoms with Crippen molar-refractivity contribution in [1.82, 2.24) is 9.88 Å². The molecule has 1 aliphatic rings. The number of amides is 3. The average Bonchev–Trinajstić information content (AvgIpc) is 3.48. The number of aliphatic carboxylic acids is 1. The van der Waals surface area contributed by atoms with Gasteiger partial charge in [0.25, 0.3) is 5.91 Å². The molecule has 2 heterocycles. The number of carboxylic acid groups (broad SMARTS) is 1. The highest BCUT2D eigenvalue weighted by molar-refractivity contribution is 6.18. The number of hydrogen-bond donors (Lipinski definition) is 2. The zero-order chi connectivity index (χ0) is 30.2. The quantitative estimate of drug-likeness (QED) is 0.259. The maximum absolute atomic E-state index is 13.2. The van der Waals surface area contributed by atoms with Gasteiger partial charge in [-0.2, -0.15) is 0 Å². The minimum absolute atomic E-state index is 0.0836. The van der Waals surface area contributed by atoms with Gasteiger partial charge in [0.2, 0.25) is 5.91 Å². The molecule has 5 rings (SSSR count). The Morgan fingerprint density at radius 3 is 2.23 bits per heavy atom. The maximum Gasteiger partial charge on any atom is 0.416 e. The number of nitrogens with one attached hydrogen (secondary N) is 1. The van der Waals surface area contributed by atoms with E-state index >= 15 is 0 Å². The second kappa shape index (κ2) is 13.3. The van der Waals surface area contributed by atoms with Crippen LogP contribution in [0.4, 0.5) is 10.5 Å². The van der Waals surface area contributed by atoms with E-state index in [1.54, 1.807) is 97.1 Å². The van der Waals surface area contributed by atoms with Crippen molar-refractivity contribution in [2.45, 2.75) is 18.4 Å². The number of aliphatic imine (C=N–C) groups is 1. The van der Waals surface area contributed by atoms with Gasteiger partial charge >= 0.3 is 12.1 Å². The molecule has 0 aliphatic carbocycles. The molecule has 10 heteroatoms. The Hall–Kier alpha value is -5.64. The normalized spacial score (nSPS) is 14.5. The number of benzene rings is 3. The Kier molecular flexibility index (Phi) is 8.96. The van der Waals surface area contributed by atoms with E-state index in [4.69, 9.17) is 9.73 Å². The third-order valence-electron chi connectivity index (χ3n) is 6.96. The Morgan fingerprint density at radius 1 is 0.907 bits per heavy atom. The van der Waals surface area contributed by atoms with Crippen molar-refractivity contribution in [3.63, 3.8) is 0 Å². The lowest BCUT2D eigenvalue weighted by atomic mass is 9.87. The third-order valence-corrected chi connectivity index (χ3v) is 6.96. The SMILES string of the molecule is O=C(Nc1ccccc1C(=N[C@H](C(=O)O)[C@H](CC(=O)N1CCOC1=O)c1ccccc1)c1ccccc1)c1ccccn1. The molecule has 4 aromatic rings. The van der Waals surface area contributed by atoms with Crippen LogP contribution in [0.3, 0.4) is 0 Å².